The largest absolute Gasteiger partial charge is 0.242 e. The van der Waals surface area contributed by atoms with Gasteiger partial charge >= 0.3 is 0 Å². The number of nitriles is 1. The second kappa shape index (κ2) is 6.30. The third-order valence-electron chi connectivity index (χ3n) is 3.70. The maximum atomic E-state index is 12.0. The normalized spacial score (nSPS) is 12.9. The van der Waals surface area contributed by atoms with Gasteiger partial charge in [0.15, 0.2) is 0 Å². The lowest BCUT2D eigenvalue weighted by Gasteiger charge is -2.15. The highest BCUT2D eigenvalue weighted by molar-refractivity contribution is 7.89. The molecule has 4 nitrogen and oxygen atoms in total. The first-order valence-corrected chi connectivity index (χ1v) is 8.33. The van der Waals surface area contributed by atoms with Crippen LogP contribution in [0.3, 0.4) is 0 Å². The third-order valence-corrected chi connectivity index (χ3v) is 5.53. The molecule has 0 N–H and O–H groups in total. The van der Waals surface area contributed by atoms with Crippen LogP contribution in [0.1, 0.15) is 29.5 Å². The average molecular weight is 314 g/mol. The molecule has 0 aliphatic heterocycles. The summed E-state index contributed by atoms with van der Waals surface area (Å²) in [6.45, 7) is 2.05. The smallest absolute Gasteiger partial charge is 0.207 e. The maximum absolute atomic E-state index is 12.0. The lowest BCUT2D eigenvalue weighted by atomic mass is 9.93. The third kappa shape index (κ3) is 3.19. The maximum Gasteiger partial charge on any atom is 0.242 e. The van der Waals surface area contributed by atoms with Crippen LogP contribution >= 0.6 is 0 Å². The van der Waals surface area contributed by atoms with Crippen LogP contribution in [0.4, 0.5) is 0 Å². The molecule has 0 aromatic heterocycles. The first-order chi connectivity index (χ1) is 10.4. The van der Waals surface area contributed by atoms with Gasteiger partial charge in [-0.3, -0.25) is 0 Å². The highest BCUT2D eigenvalue weighted by Crippen LogP contribution is 2.25. The summed E-state index contributed by atoms with van der Waals surface area (Å²) in [5.74, 6) is 0.129. The van der Waals surface area contributed by atoms with E-state index in [-0.39, 0.29) is 10.8 Å². The number of sulfonamides is 1. The average Bonchev–Trinajstić information content (AvgIpc) is 2.54. The van der Waals surface area contributed by atoms with Crippen molar-refractivity contribution in [3.8, 4) is 6.07 Å². The second-order valence-electron chi connectivity index (χ2n) is 5.31. The Morgan fingerprint density at radius 1 is 0.955 bits per heavy atom. The SMILES string of the molecule is CC(c1ccc(C#N)cc1)c1ccc(S(=O)(=O)N(C)C)cc1. The van der Waals surface area contributed by atoms with E-state index >= 15 is 0 Å². The molecule has 1 atom stereocenters. The molecular weight excluding hydrogens is 296 g/mol. The number of benzene rings is 2. The predicted octanol–water partition coefficient (Wildman–Crippen LogP) is 2.96. The molecule has 0 saturated heterocycles. The van der Waals surface area contributed by atoms with Crippen molar-refractivity contribution < 1.29 is 8.42 Å². The van der Waals surface area contributed by atoms with Crippen molar-refractivity contribution in [2.45, 2.75) is 17.7 Å². The summed E-state index contributed by atoms with van der Waals surface area (Å²) in [5, 5.41) is 8.82. The Morgan fingerprint density at radius 3 is 1.82 bits per heavy atom. The van der Waals surface area contributed by atoms with Gasteiger partial charge in [-0.15, -0.1) is 0 Å². The van der Waals surface area contributed by atoms with Crippen LogP contribution in [0, 0.1) is 11.3 Å². The van der Waals surface area contributed by atoms with Crippen LogP contribution < -0.4 is 0 Å². The van der Waals surface area contributed by atoms with E-state index in [1.165, 1.54) is 18.4 Å². The molecule has 0 spiro atoms. The van der Waals surface area contributed by atoms with Gasteiger partial charge in [0.2, 0.25) is 10.0 Å². The zero-order valence-corrected chi connectivity index (χ0v) is 13.6. The minimum absolute atomic E-state index is 0.129. The summed E-state index contributed by atoms with van der Waals surface area (Å²) in [6, 6.07) is 16.4. The van der Waals surface area contributed by atoms with Crippen LogP contribution in [0.2, 0.25) is 0 Å². The van der Waals surface area contributed by atoms with Crippen molar-refractivity contribution in [2.24, 2.45) is 0 Å². The van der Waals surface area contributed by atoms with E-state index in [9.17, 15) is 8.42 Å². The van der Waals surface area contributed by atoms with E-state index in [1.54, 1.807) is 24.3 Å². The van der Waals surface area contributed by atoms with Gasteiger partial charge in [0.25, 0.3) is 0 Å². The van der Waals surface area contributed by atoms with Gasteiger partial charge in [-0.25, -0.2) is 12.7 Å². The molecule has 114 valence electrons. The molecule has 0 amide bonds. The van der Waals surface area contributed by atoms with Crippen molar-refractivity contribution in [3.63, 3.8) is 0 Å². The molecule has 5 heteroatoms. The van der Waals surface area contributed by atoms with Crippen molar-refractivity contribution in [3.05, 3.63) is 65.2 Å². The fraction of sp³-hybridized carbons (Fsp3) is 0.235. The van der Waals surface area contributed by atoms with Crippen molar-refractivity contribution >= 4 is 10.0 Å². The molecule has 0 heterocycles. The first kappa shape index (κ1) is 16.2. The topological polar surface area (TPSA) is 61.2 Å². The summed E-state index contributed by atoms with van der Waals surface area (Å²) in [5.41, 5.74) is 2.74. The molecule has 0 radical (unpaired) electrons. The molecule has 2 rings (SSSR count). The molecule has 0 aliphatic carbocycles. The minimum Gasteiger partial charge on any atom is -0.207 e. The van der Waals surface area contributed by atoms with Crippen LogP contribution in [-0.2, 0) is 10.0 Å². The van der Waals surface area contributed by atoms with Gasteiger partial charge in [0.1, 0.15) is 0 Å². The van der Waals surface area contributed by atoms with Gasteiger partial charge in [-0.05, 0) is 35.4 Å². The van der Waals surface area contributed by atoms with E-state index in [0.717, 1.165) is 11.1 Å². The zero-order valence-electron chi connectivity index (χ0n) is 12.8. The van der Waals surface area contributed by atoms with Crippen molar-refractivity contribution in [1.82, 2.24) is 4.31 Å². The second-order valence-corrected chi connectivity index (χ2v) is 7.46. The van der Waals surface area contributed by atoms with Gasteiger partial charge in [0.05, 0.1) is 16.5 Å². The molecule has 2 aromatic rings. The monoisotopic (exact) mass is 314 g/mol. The Bertz CT molecular complexity index is 786. The fourth-order valence-electron chi connectivity index (χ4n) is 2.18. The molecule has 0 fully saturated rings. The summed E-state index contributed by atoms with van der Waals surface area (Å²) in [4.78, 5) is 0.285. The molecule has 2 aromatic carbocycles. The van der Waals surface area contributed by atoms with Gasteiger partial charge < -0.3 is 0 Å². The Hall–Kier alpha value is -2.16. The van der Waals surface area contributed by atoms with Crippen molar-refractivity contribution in [2.75, 3.05) is 14.1 Å². The minimum atomic E-state index is -3.40. The van der Waals surface area contributed by atoms with E-state index in [2.05, 4.69) is 13.0 Å². The Kier molecular flexibility index (Phi) is 4.65. The Labute approximate surface area is 131 Å². The van der Waals surface area contributed by atoms with Gasteiger partial charge in [0, 0.05) is 20.0 Å². The van der Waals surface area contributed by atoms with Crippen LogP contribution in [-0.4, -0.2) is 26.8 Å². The Morgan fingerprint density at radius 2 is 1.41 bits per heavy atom. The molecular formula is C17H18N2O2S. The van der Waals surface area contributed by atoms with Gasteiger partial charge in [-0.2, -0.15) is 5.26 Å². The molecule has 0 saturated carbocycles. The standard InChI is InChI=1S/C17H18N2O2S/c1-13(15-6-4-14(12-18)5-7-15)16-8-10-17(11-9-16)22(20,21)19(2)3/h4-11,13H,1-3H3. The first-order valence-electron chi connectivity index (χ1n) is 6.89. The van der Waals surface area contributed by atoms with Crippen LogP contribution in [0.5, 0.6) is 0 Å². The molecule has 0 bridgehead atoms. The van der Waals surface area contributed by atoms with Crippen LogP contribution in [0.15, 0.2) is 53.4 Å². The number of nitrogens with zero attached hydrogens (tertiary/aromatic N) is 2. The fourth-order valence-corrected chi connectivity index (χ4v) is 3.08. The number of hydrogen-bond acceptors (Lipinski definition) is 3. The lowest BCUT2D eigenvalue weighted by Crippen LogP contribution is -2.22. The zero-order chi connectivity index (χ0) is 16.3. The lowest BCUT2D eigenvalue weighted by molar-refractivity contribution is 0.520. The Balaban J connectivity index is 2.28. The summed E-state index contributed by atoms with van der Waals surface area (Å²) >= 11 is 0. The van der Waals surface area contributed by atoms with Crippen LogP contribution in [0.25, 0.3) is 0 Å². The van der Waals surface area contributed by atoms with Gasteiger partial charge in [-0.1, -0.05) is 31.2 Å². The van der Waals surface area contributed by atoms with E-state index in [4.69, 9.17) is 5.26 Å². The highest BCUT2D eigenvalue weighted by atomic mass is 32.2. The van der Waals surface area contributed by atoms with Crippen molar-refractivity contribution in [1.29, 1.82) is 5.26 Å². The van der Waals surface area contributed by atoms with E-state index in [1.807, 2.05) is 24.3 Å². The number of rotatable bonds is 4. The predicted molar refractivity (Wildman–Crippen MR) is 86.0 cm³/mol. The highest BCUT2D eigenvalue weighted by Gasteiger charge is 2.17. The number of hydrogen-bond donors (Lipinski definition) is 0. The molecule has 0 aliphatic rings. The van der Waals surface area contributed by atoms with E-state index < -0.39 is 10.0 Å². The van der Waals surface area contributed by atoms with E-state index in [0.29, 0.717) is 5.56 Å². The summed E-state index contributed by atoms with van der Waals surface area (Å²) in [6.07, 6.45) is 0. The molecule has 1 unspecified atom stereocenters. The summed E-state index contributed by atoms with van der Waals surface area (Å²) < 4.78 is 25.3. The quantitative estimate of drug-likeness (QED) is 0.871. The molecule has 22 heavy (non-hydrogen) atoms. The summed E-state index contributed by atoms with van der Waals surface area (Å²) in [7, 11) is -0.363.